The molecular weight excluding hydrogens is 346 g/mol. The molecule has 0 radical (unpaired) electrons. The van der Waals surface area contributed by atoms with Gasteiger partial charge in [-0.05, 0) is 67.8 Å². The zero-order chi connectivity index (χ0) is 17.1. The van der Waals surface area contributed by atoms with Gasteiger partial charge in [0.05, 0.1) is 11.4 Å². The fourth-order valence-electron chi connectivity index (χ4n) is 3.13. The summed E-state index contributed by atoms with van der Waals surface area (Å²) < 4.78 is 1.62. The van der Waals surface area contributed by atoms with Crippen molar-refractivity contribution >= 4 is 29.3 Å². The Bertz CT molecular complexity index is 695. The molecule has 1 aliphatic rings. The van der Waals surface area contributed by atoms with Gasteiger partial charge < -0.3 is 4.90 Å². The number of benzene rings is 1. The van der Waals surface area contributed by atoms with Crippen LogP contribution in [0.2, 0.25) is 5.02 Å². The minimum Gasteiger partial charge on any atom is -0.337 e. The third-order valence-electron chi connectivity index (χ3n) is 4.32. The second-order valence-corrected chi connectivity index (χ2v) is 7.45. The molecule has 0 bridgehead atoms. The van der Waals surface area contributed by atoms with E-state index in [2.05, 4.69) is 29.4 Å². The van der Waals surface area contributed by atoms with Crippen molar-refractivity contribution < 1.29 is 4.79 Å². The van der Waals surface area contributed by atoms with Crippen LogP contribution in [0.1, 0.15) is 33.1 Å². The van der Waals surface area contributed by atoms with Gasteiger partial charge in [-0.1, -0.05) is 23.4 Å². The lowest BCUT2D eigenvalue weighted by atomic mass is 9.98. The highest BCUT2D eigenvalue weighted by Gasteiger charge is 2.29. The number of carbonyl (C=O) groups excluding carboxylic acids is 1. The summed E-state index contributed by atoms with van der Waals surface area (Å²) in [5, 5.41) is 13.0. The molecule has 6 nitrogen and oxygen atoms in total. The fraction of sp³-hybridized carbons (Fsp3) is 0.500. The number of hydrogen-bond acceptors (Lipinski definition) is 5. The van der Waals surface area contributed by atoms with Crippen molar-refractivity contribution in [3.05, 3.63) is 29.3 Å². The number of carbonyl (C=O) groups is 1. The molecule has 0 spiro atoms. The molecule has 0 saturated carbocycles. The number of tetrazole rings is 1. The highest BCUT2D eigenvalue weighted by Crippen LogP contribution is 2.25. The zero-order valence-electron chi connectivity index (χ0n) is 13.7. The summed E-state index contributed by atoms with van der Waals surface area (Å²) >= 11 is 7.27. The maximum absolute atomic E-state index is 12.6. The average molecular weight is 366 g/mol. The highest BCUT2D eigenvalue weighted by molar-refractivity contribution is 7.99. The lowest BCUT2D eigenvalue weighted by Crippen LogP contribution is -2.48. The van der Waals surface area contributed by atoms with Gasteiger partial charge in [-0.25, -0.2) is 0 Å². The first-order valence-electron chi connectivity index (χ1n) is 8.04. The number of aromatic nitrogens is 4. The third-order valence-corrected chi connectivity index (χ3v) is 5.47. The number of rotatable bonds is 4. The fourth-order valence-corrected chi connectivity index (χ4v) is 4.01. The molecule has 1 saturated heterocycles. The first kappa shape index (κ1) is 17.2. The van der Waals surface area contributed by atoms with Gasteiger partial charge in [0, 0.05) is 17.1 Å². The Hall–Kier alpha value is -1.60. The first-order chi connectivity index (χ1) is 11.6. The van der Waals surface area contributed by atoms with Crippen LogP contribution in [0.5, 0.6) is 0 Å². The monoisotopic (exact) mass is 365 g/mol. The Morgan fingerprint density at radius 1 is 1.25 bits per heavy atom. The number of likely N-dealkylation sites (tertiary alicyclic amines) is 1. The molecule has 1 fully saturated rings. The van der Waals surface area contributed by atoms with E-state index in [1.54, 1.807) is 16.8 Å². The molecular formula is C16H20ClN5OS. The maximum atomic E-state index is 12.6. The van der Waals surface area contributed by atoms with Crippen LogP contribution in [-0.2, 0) is 4.79 Å². The summed E-state index contributed by atoms with van der Waals surface area (Å²) in [6, 6.07) is 7.87. The van der Waals surface area contributed by atoms with Gasteiger partial charge in [0.15, 0.2) is 0 Å². The zero-order valence-corrected chi connectivity index (χ0v) is 15.3. The number of amides is 1. The molecule has 8 heteroatoms. The third kappa shape index (κ3) is 3.72. The second kappa shape index (κ2) is 7.53. The summed E-state index contributed by atoms with van der Waals surface area (Å²) in [4.78, 5) is 14.6. The van der Waals surface area contributed by atoms with Gasteiger partial charge in [-0.3, -0.25) is 4.79 Å². The first-order valence-corrected chi connectivity index (χ1v) is 9.41. The number of thioether (sulfide) groups is 1. The van der Waals surface area contributed by atoms with Crippen molar-refractivity contribution in [2.75, 3.05) is 5.75 Å². The van der Waals surface area contributed by atoms with Crippen molar-refractivity contribution in [1.82, 2.24) is 25.1 Å². The van der Waals surface area contributed by atoms with E-state index >= 15 is 0 Å². The van der Waals surface area contributed by atoms with Gasteiger partial charge in [0.25, 0.3) is 0 Å². The van der Waals surface area contributed by atoms with E-state index in [9.17, 15) is 4.79 Å². The molecule has 1 amide bonds. The Morgan fingerprint density at radius 2 is 1.92 bits per heavy atom. The minimum absolute atomic E-state index is 0.144. The van der Waals surface area contributed by atoms with Crippen LogP contribution in [0, 0.1) is 0 Å². The van der Waals surface area contributed by atoms with Crippen LogP contribution >= 0.6 is 23.4 Å². The summed E-state index contributed by atoms with van der Waals surface area (Å²) in [5.41, 5.74) is 0.819. The van der Waals surface area contributed by atoms with Gasteiger partial charge in [0.1, 0.15) is 0 Å². The molecule has 2 aromatic rings. The van der Waals surface area contributed by atoms with E-state index in [1.807, 2.05) is 17.0 Å². The van der Waals surface area contributed by atoms with Crippen LogP contribution in [0.4, 0.5) is 0 Å². The normalized spacial score (nSPS) is 21.0. The van der Waals surface area contributed by atoms with Crippen molar-refractivity contribution in [3.8, 4) is 5.69 Å². The second-order valence-electron chi connectivity index (χ2n) is 6.07. The van der Waals surface area contributed by atoms with Gasteiger partial charge in [-0.15, -0.1) is 5.10 Å². The van der Waals surface area contributed by atoms with Gasteiger partial charge in [-0.2, -0.15) is 4.68 Å². The Balaban J connectivity index is 1.68. The highest BCUT2D eigenvalue weighted by atomic mass is 35.5. The quantitative estimate of drug-likeness (QED) is 0.778. The van der Waals surface area contributed by atoms with Crippen LogP contribution in [0.15, 0.2) is 29.4 Å². The van der Waals surface area contributed by atoms with Crippen LogP contribution in [0.3, 0.4) is 0 Å². The molecule has 2 unspecified atom stereocenters. The largest absolute Gasteiger partial charge is 0.337 e. The topological polar surface area (TPSA) is 63.9 Å². The molecule has 0 N–H and O–H groups in total. The molecule has 3 rings (SSSR count). The molecule has 128 valence electrons. The molecule has 2 atom stereocenters. The van der Waals surface area contributed by atoms with E-state index in [0.29, 0.717) is 28.0 Å². The summed E-state index contributed by atoms with van der Waals surface area (Å²) in [7, 11) is 0. The molecule has 1 aliphatic heterocycles. The summed E-state index contributed by atoms with van der Waals surface area (Å²) in [6.07, 6.45) is 3.33. The van der Waals surface area contributed by atoms with E-state index in [0.717, 1.165) is 18.5 Å². The van der Waals surface area contributed by atoms with Crippen LogP contribution in [-0.4, -0.2) is 48.9 Å². The number of halogens is 1. The van der Waals surface area contributed by atoms with Crippen LogP contribution < -0.4 is 0 Å². The molecule has 0 aliphatic carbocycles. The van der Waals surface area contributed by atoms with Crippen molar-refractivity contribution in [2.45, 2.75) is 50.4 Å². The number of hydrogen-bond donors (Lipinski definition) is 0. The van der Waals surface area contributed by atoms with Crippen molar-refractivity contribution in [3.63, 3.8) is 0 Å². The van der Waals surface area contributed by atoms with Crippen molar-refractivity contribution in [1.29, 1.82) is 0 Å². The van der Waals surface area contributed by atoms with Crippen molar-refractivity contribution in [2.24, 2.45) is 0 Å². The molecule has 2 heterocycles. The standard InChI is InChI=1S/C16H20ClN5OS/c1-11-4-3-5-12(2)21(11)15(23)10-24-16-18-19-20-22(16)14-8-6-13(17)7-9-14/h6-9,11-12H,3-5,10H2,1-2H3. The SMILES string of the molecule is CC1CCCC(C)N1C(=O)CSc1nnnn1-c1ccc(Cl)cc1. The molecule has 1 aromatic carbocycles. The summed E-state index contributed by atoms with van der Waals surface area (Å²) in [6.45, 7) is 4.24. The maximum Gasteiger partial charge on any atom is 0.233 e. The Morgan fingerprint density at radius 3 is 2.58 bits per heavy atom. The summed E-state index contributed by atoms with van der Waals surface area (Å²) in [5.74, 6) is 0.480. The van der Waals surface area contributed by atoms with E-state index in [4.69, 9.17) is 11.6 Å². The smallest absolute Gasteiger partial charge is 0.233 e. The van der Waals surface area contributed by atoms with E-state index in [-0.39, 0.29) is 5.91 Å². The van der Waals surface area contributed by atoms with Crippen LogP contribution in [0.25, 0.3) is 5.69 Å². The lowest BCUT2D eigenvalue weighted by Gasteiger charge is -2.39. The average Bonchev–Trinajstić information content (AvgIpc) is 3.02. The minimum atomic E-state index is 0.144. The predicted octanol–water partition coefficient (Wildman–Crippen LogP) is 3.20. The lowest BCUT2D eigenvalue weighted by molar-refractivity contribution is -0.134. The Kier molecular flexibility index (Phi) is 5.40. The van der Waals surface area contributed by atoms with E-state index < -0.39 is 0 Å². The Labute approximate surface area is 150 Å². The molecule has 1 aromatic heterocycles. The predicted molar refractivity (Wildman–Crippen MR) is 94.5 cm³/mol. The molecule has 24 heavy (non-hydrogen) atoms. The number of piperidine rings is 1. The van der Waals surface area contributed by atoms with Gasteiger partial charge in [0.2, 0.25) is 11.1 Å². The van der Waals surface area contributed by atoms with Gasteiger partial charge >= 0.3 is 0 Å². The van der Waals surface area contributed by atoms with E-state index in [1.165, 1.54) is 18.2 Å². The number of nitrogens with zero attached hydrogens (tertiary/aromatic N) is 5.